The lowest BCUT2D eigenvalue weighted by Gasteiger charge is -2.22. The van der Waals surface area contributed by atoms with Crippen LogP contribution in [0, 0.1) is 0 Å². The van der Waals surface area contributed by atoms with Crippen molar-refractivity contribution in [3.8, 4) is 0 Å². The second-order valence-corrected chi connectivity index (χ2v) is 6.03. The van der Waals surface area contributed by atoms with Crippen molar-refractivity contribution in [2.75, 3.05) is 25.0 Å². The van der Waals surface area contributed by atoms with Crippen LogP contribution in [-0.4, -0.2) is 46.4 Å². The molecular formula is C19H23N5O. The molecule has 130 valence electrons. The van der Waals surface area contributed by atoms with E-state index in [1.54, 1.807) is 23.1 Å². The van der Waals surface area contributed by atoms with Crippen molar-refractivity contribution in [1.29, 1.82) is 0 Å². The Bertz CT molecular complexity index is 852. The minimum Gasteiger partial charge on any atom is -0.372 e. The number of carbonyl (C=O) groups is 1. The highest BCUT2D eigenvalue weighted by Gasteiger charge is 2.13. The van der Waals surface area contributed by atoms with Crippen LogP contribution in [0.15, 0.2) is 42.5 Å². The fourth-order valence-electron chi connectivity index (χ4n) is 2.94. The van der Waals surface area contributed by atoms with Crippen LogP contribution in [0.5, 0.6) is 0 Å². The van der Waals surface area contributed by atoms with E-state index >= 15 is 0 Å². The van der Waals surface area contributed by atoms with Crippen LogP contribution in [0.4, 0.5) is 5.69 Å². The Kier molecular flexibility index (Phi) is 4.97. The summed E-state index contributed by atoms with van der Waals surface area (Å²) in [4.78, 5) is 16.7. The highest BCUT2D eigenvalue weighted by atomic mass is 16.2. The van der Waals surface area contributed by atoms with Crippen molar-refractivity contribution < 1.29 is 4.79 Å². The lowest BCUT2D eigenvalue weighted by molar-refractivity contribution is 0.0785. The first-order chi connectivity index (χ1) is 12.1. The van der Waals surface area contributed by atoms with E-state index in [0.29, 0.717) is 17.6 Å². The van der Waals surface area contributed by atoms with Gasteiger partial charge in [-0.05, 0) is 49.7 Å². The zero-order chi connectivity index (χ0) is 17.8. The smallest absolute Gasteiger partial charge is 0.253 e. The highest BCUT2D eigenvalue weighted by molar-refractivity contribution is 5.97. The topological polar surface area (TPSA) is 65.1 Å². The second kappa shape index (κ2) is 7.34. The first-order valence-electron chi connectivity index (χ1n) is 8.52. The summed E-state index contributed by atoms with van der Waals surface area (Å²) in [5.41, 5.74) is 4.38. The molecule has 0 saturated carbocycles. The van der Waals surface area contributed by atoms with Gasteiger partial charge in [-0.15, -0.1) is 0 Å². The molecule has 0 aliphatic heterocycles. The Hall–Kier alpha value is -2.89. The number of benzene rings is 2. The Morgan fingerprint density at radius 1 is 1.00 bits per heavy atom. The van der Waals surface area contributed by atoms with Gasteiger partial charge in [-0.25, -0.2) is 0 Å². The van der Waals surface area contributed by atoms with E-state index in [1.807, 2.05) is 7.05 Å². The summed E-state index contributed by atoms with van der Waals surface area (Å²) < 4.78 is 0. The normalized spacial score (nSPS) is 10.8. The monoisotopic (exact) mass is 337 g/mol. The number of aromatic amines is 1. The van der Waals surface area contributed by atoms with Gasteiger partial charge in [0.05, 0.1) is 0 Å². The number of amides is 1. The van der Waals surface area contributed by atoms with Gasteiger partial charge in [0.2, 0.25) is 0 Å². The molecule has 0 unspecified atom stereocenters. The number of aromatic nitrogens is 3. The molecule has 2 aromatic carbocycles. The third kappa shape index (κ3) is 3.63. The largest absolute Gasteiger partial charge is 0.372 e. The maximum absolute atomic E-state index is 12.6. The molecule has 0 aliphatic rings. The van der Waals surface area contributed by atoms with Gasteiger partial charge in [-0.3, -0.25) is 4.79 Å². The van der Waals surface area contributed by atoms with Gasteiger partial charge in [0.1, 0.15) is 11.0 Å². The number of nitrogens with one attached hydrogen (secondary N) is 1. The Balaban J connectivity index is 1.70. The summed E-state index contributed by atoms with van der Waals surface area (Å²) in [7, 11) is 1.81. The van der Waals surface area contributed by atoms with Crippen LogP contribution in [0.3, 0.4) is 0 Å². The molecule has 3 aromatic rings. The lowest BCUT2D eigenvalue weighted by Crippen LogP contribution is -2.26. The fourth-order valence-corrected chi connectivity index (χ4v) is 2.94. The van der Waals surface area contributed by atoms with Crippen LogP contribution in [0.25, 0.3) is 11.0 Å². The zero-order valence-electron chi connectivity index (χ0n) is 14.9. The molecule has 3 rings (SSSR count). The first kappa shape index (κ1) is 17.0. The Morgan fingerprint density at radius 2 is 1.68 bits per heavy atom. The number of anilines is 1. The van der Waals surface area contributed by atoms with Gasteiger partial charge in [0.25, 0.3) is 5.91 Å². The maximum Gasteiger partial charge on any atom is 0.253 e. The van der Waals surface area contributed by atoms with Gasteiger partial charge in [-0.2, -0.15) is 15.4 Å². The Morgan fingerprint density at radius 3 is 2.36 bits per heavy atom. The molecule has 0 aliphatic carbocycles. The molecule has 0 atom stereocenters. The van der Waals surface area contributed by atoms with E-state index in [1.165, 1.54) is 5.69 Å². The van der Waals surface area contributed by atoms with Crippen LogP contribution in [-0.2, 0) is 6.54 Å². The summed E-state index contributed by atoms with van der Waals surface area (Å²) in [6, 6.07) is 13.7. The standard InChI is InChI=1S/C19H23N5O/c1-4-24(5-2)16-9-6-14(7-10-16)13-23(3)19(25)15-8-11-17-18(12-15)21-22-20-17/h6-12H,4-5,13H2,1-3H3,(H,20,21,22). The van der Waals surface area contributed by atoms with Gasteiger partial charge in [0, 0.05) is 37.9 Å². The van der Waals surface area contributed by atoms with Crippen molar-refractivity contribution in [3.05, 3.63) is 53.6 Å². The lowest BCUT2D eigenvalue weighted by atomic mass is 10.1. The minimum atomic E-state index is -0.0299. The van der Waals surface area contributed by atoms with E-state index in [9.17, 15) is 4.79 Å². The Labute approximate surface area is 147 Å². The molecule has 0 saturated heterocycles. The van der Waals surface area contributed by atoms with Crippen molar-refractivity contribution in [3.63, 3.8) is 0 Å². The summed E-state index contributed by atoms with van der Waals surface area (Å²) in [6.45, 7) is 6.83. The number of hydrogen-bond donors (Lipinski definition) is 1. The number of fused-ring (bicyclic) bond motifs is 1. The fraction of sp³-hybridized carbons (Fsp3) is 0.316. The van der Waals surface area contributed by atoms with Crippen LogP contribution >= 0.6 is 0 Å². The van der Waals surface area contributed by atoms with E-state index in [-0.39, 0.29) is 5.91 Å². The third-order valence-electron chi connectivity index (χ3n) is 4.39. The second-order valence-electron chi connectivity index (χ2n) is 6.03. The molecule has 25 heavy (non-hydrogen) atoms. The number of rotatable bonds is 6. The van der Waals surface area contributed by atoms with E-state index in [0.717, 1.165) is 24.2 Å². The number of H-pyrrole nitrogens is 1. The average Bonchev–Trinajstić information content (AvgIpc) is 3.11. The summed E-state index contributed by atoms with van der Waals surface area (Å²) >= 11 is 0. The average molecular weight is 337 g/mol. The molecular weight excluding hydrogens is 314 g/mol. The molecule has 6 heteroatoms. The van der Waals surface area contributed by atoms with Gasteiger partial charge in [-0.1, -0.05) is 12.1 Å². The van der Waals surface area contributed by atoms with E-state index in [4.69, 9.17) is 0 Å². The number of hydrogen-bond acceptors (Lipinski definition) is 4. The highest BCUT2D eigenvalue weighted by Crippen LogP contribution is 2.17. The van der Waals surface area contributed by atoms with Crippen LogP contribution < -0.4 is 4.90 Å². The molecule has 0 bridgehead atoms. The SMILES string of the molecule is CCN(CC)c1ccc(CN(C)C(=O)c2ccc3n[nH]nc3c2)cc1. The molecule has 1 aromatic heterocycles. The molecule has 0 radical (unpaired) electrons. The zero-order valence-corrected chi connectivity index (χ0v) is 14.9. The molecule has 6 nitrogen and oxygen atoms in total. The predicted octanol–water partition coefficient (Wildman–Crippen LogP) is 3.08. The summed E-state index contributed by atoms with van der Waals surface area (Å²) in [5.74, 6) is -0.0299. The summed E-state index contributed by atoms with van der Waals surface area (Å²) in [5, 5.41) is 10.6. The molecule has 1 amide bonds. The summed E-state index contributed by atoms with van der Waals surface area (Å²) in [6.07, 6.45) is 0. The predicted molar refractivity (Wildman–Crippen MR) is 99.7 cm³/mol. The first-order valence-corrected chi connectivity index (χ1v) is 8.52. The van der Waals surface area contributed by atoms with E-state index < -0.39 is 0 Å². The quantitative estimate of drug-likeness (QED) is 0.751. The van der Waals surface area contributed by atoms with Crippen molar-refractivity contribution in [2.45, 2.75) is 20.4 Å². The van der Waals surface area contributed by atoms with Crippen molar-refractivity contribution in [1.82, 2.24) is 20.3 Å². The van der Waals surface area contributed by atoms with Gasteiger partial charge in [0.15, 0.2) is 0 Å². The maximum atomic E-state index is 12.6. The minimum absolute atomic E-state index is 0.0299. The van der Waals surface area contributed by atoms with Gasteiger partial charge < -0.3 is 9.80 Å². The number of nitrogens with zero attached hydrogens (tertiary/aromatic N) is 4. The van der Waals surface area contributed by atoms with Crippen molar-refractivity contribution in [2.24, 2.45) is 0 Å². The van der Waals surface area contributed by atoms with E-state index in [2.05, 4.69) is 58.4 Å². The molecule has 0 spiro atoms. The van der Waals surface area contributed by atoms with Gasteiger partial charge >= 0.3 is 0 Å². The molecule has 1 N–H and O–H groups in total. The molecule has 1 heterocycles. The van der Waals surface area contributed by atoms with Crippen LogP contribution in [0.2, 0.25) is 0 Å². The number of carbonyl (C=O) groups excluding carboxylic acids is 1. The third-order valence-corrected chi connectivity index (χ3v) is 4.39. The van der Waals surface area contributed by atoms with Crippen molar-refractivity contribution >= 4 is 22.6 Å². The molecule has 0 fully saturated rings. The van der Waals surface area contributed by atoms with Crippen LogP contribution in [0.1, 0.15) is 29.8 Å².